The van der Waals surface area contributed by atoms with E-state index in [4.69, 9.17) is 4.74 Å². The van der Waals surface area contributed by atoms with E-state index in [1.807, 2.05) is 12.3 Å². The molecule has 148 valence electrons. The molecular formula is C21H25FN3O2P. The lowest BCUT2D eigenvalue weighted by Crippen LogP contribution is -2.38. The fraction of sp³-hybridized carbons (Fsp3) is 0.381. The van der Waals surface area contributed by atoms with E-state index >= 15 is 0 Å². The molecule has 1 saturated heterocycles. The Labute approximate surface area is 166 Å². The average Bonchev–Trinajstić information content (AvgIpc) is 3.18. The number of carbonyl (C=O) groups is 1. The lowest BCUT2D eigenvalue weighted by Gasteiger charge is -2.35. The van der Waals surface area contributed by atoms with Crippen LogP contribution in [0.25, 0.3) is 5.31 Å². The lowest BCUT2D eigenvalue weighted by atomic mass is 10.1. The van der Waals surface area contributed by atoms with Gasteiger partial charge in [-0.05, 0) is 49.6 Å². The van der Waals surface area contributed by atoms with Crippen molar-refractivity contribution >= 4 is 19.8 Å². The Kier molecular flexibility index (Phi) is 5.26. The number of halogens is 1. The normalized spacial score (nSPS) is 25.2. The molecule has 1 aromatic rings. The Morgan fingerprint density at radius 1 is 1.32 bits per heavy atom. The molecule has 28 heavy (non-hydrogen) atoms. The highest BCUT2D eigenvalue weighted by atomic mass is 31.1. The summed E-state index contributed by atoms with van der Waals surface area (Å²) < 4.78 is 19.1. The Balaban J connectivity index is 1.53. The molecule has 2 unspecified atom stereocenters. The minimum atomic E-state index is -0.411. The smallest absolute Gasteiger partial charge is 0.252 e. The molecule has 3 aliphatic heterocycles. The van der Waals surface area contributed by atoms with E-state index in [2.05, 4.69) is 36.0 Å². The summed E-state index contributed by atoms with van der Waals surface area (Å²) in [6.07, 6.45) is 8.96. The van der Waals surface area contributed by atoms with Crippen LogP contribution >= 0.6 is 8.58 Å². The van der Waals surface area contributed by atoms with Crippen LogP contribution in [0.4, 0.5) is 4.39 Å². The van der Waals surface area contributed by atoms with E-state index in [1.54, 1.807) is 17.0 Å². The molecule has 4 rings (SSSR count). The Bertz CT molecular complexity index is 880. The van der Waals surface area contributed by atoms with Crippen molar-refractivity contribution in [2.75, 3.05) is 34.3 Å². The number of carbonyl (C=O) groups excluding carboxylic acids is 1. The van der Waals surface area contributed by atoms with Gasteiger partial charge in [0.1, 0.15) is 0 Å². The number of amides is 1. The number of allylic oxidation sites excluding steroid dienone is 1. The maximum Gasteiger partial charge on any atom is 0.252 e. The van der Waals surface area contributed by atoms with Crippen molar-refractivity contribution in [2.24, 2.45) is 0 Å². The summed E-state index contributed by atoms with van der Waals surface area (Å²) in [6.45, 7) is 1.98. The molecule has 1 aromatic carbocycles. The number of likely N-dealkylation sites (N-methyl/N-ethyl adjacent to an activating group) is 1. The number of ether oxygens (including phenoxy) is 1. The average molecular weight is 401 g/mol. The third-order valence-corrected chi connectivity index (χ3v) is 7.08. The topological polar surface area (TPSA) is 36.0 Å². The van der Waals surface area contributed by atoms with Gasteiger partial charge in [0.05, 0.1) is 18.6 Å². The minimum Gasteiger partial charge on any atom is -0.494 e. The predicted octanol–water partition coefficient (Wildman–Crippen LogP) is 3.07. The number of hydrogen-bond acceptors (Lipinski definition) is 4. The van der Waals surface area contributed by atoms with Crippen molar-refractivity contribution < 1.29 is 13.9 Å². The van der Waals surface area contributed by atoms with E-state index in [0.717, 1.165) is 36.1 Å². The quantitative estimate of drug-likeness (QED) is 0.727. The first-order valence-electron chi connectivity index (χ1n) is 9.42. The highest BCUT2D eigenvalue weighted by Crippen LogP contribution is 2.45. The monoisotopic (exact) mass is 401 g/mol. The highest BCUT2D eigenvalue weighted by molar-refractivity contribution is 7.51. The Hall–Kier alpha value is -2.17. The van der Waals surface area contributed by atoms with Crippen molar-refractivity contribution in [1.82, 2.24) is 14.7 Å². The maximum atomic E-state index is 14.1. The molecule has 1 amide bonds. The molecule has 7 heteroatoms. The fourth-order valence-corrected chi connectivity index (χ4v) is 5.23. The second kappa shape index (κ2) is 7.69. The van der Waals surface area contributed by atoms with Crippen molar-refractivity contribution in [1.29, 1.82) is 0 Å². The van der Waals surface area contributed by atoms with Crippen molar-refractivity contribution in [3.63, 3.8) is 0 Å². The summed E-state index contributed by atoms with van der Waals surface area (Å²) in [4.78, 5) is 19.2. The van der Waals surface area contributed by atoms with E-state index in [9.17, 15) is 9.18 Å². The van der Waals surface area contributed by atoms with Gasteiger partial charge >= 0.3 is 0 Å². The Morgan fingerprint density at radius 2 is 2.14 bits per heavy atom. The molecule has 0 aliphatic carbocycles. The second-order valence-corrected chi connectivity index (χ2v) is 8.93. The van der Waals surface area contributed by atoms with E-state index in [-0.39, 0.29) is 17.4 Å². The van der Waals surface area contributed by atoms with Crippen LogP contribution in [0.15, 0.2) is 48.3 Å². The summed E-state index contributed by atoms with van der Waals surface area (Å²) >= 11 is 0. The zero-order chi connectivity index (χ0) is 19.8. The largest absolute Gasteiger partial charge is 0.494 e. The number of methoxy groups -OCH3 is 1. The summed E-state index contributed by atoms with van der Waals surface area (Å²) in [6, 6.07) is 5.40. The first-order chi connectivity index (χ1) is 13.5. The maximum absolute atomic E-state index is 14.1. The summed E-state index contributed by atoms with van der Waals surface area (Å²) in [7, 11) is 6.03. The van der Waals surface area contributed by atoms with Gasteiger partial charge in [-0.2, -0.15) is 0 Å². The molecular weight excluding hydrogens is 376 g/mol. The number of fused-ring (bicyclic) bond motifs is 1. The number of benzene rings is 1. The van der Waals surface area contributed by atoms with Crippen molar-refractivity contribution in [3.05, 3.63) is 59.7 Å². The molecule has 0 radical (unpaired) electrons. The zero-order valence-electron chi connectivity index (χ0n) is 16.4. The summed E-state index contributed by atoms with van der Waals surface area (Å²) in [5.41, 5.74) is 1.83. The number of hydrogen-bond donors (Lipinski definition) is 0. The van der Waals surface area contributed by atoms with Gasteiger partial charge in [0.15, 0.2) is 11.6 Å². The molecule has 5 nitrogen and oxygen atoms in total. The van der Waals surface area contributed by atoms with Crippen LogP contribution in [0.5, 0.6) is 5.75 Å². The molecule has 0 bridgehead atoms. The predicted molar refractivity (Wildman–Crippen MR) is 111 cm³/mol. The van der Waals surface area contributed by atoms with Crippen LogP contribution in [0, 0.1) is 5.82 Å². The molecule has 1 fully saturated rings. The SMILES string of the molecule is COc1ccc(C2=CC(=O)N3C=C(N4CC[C@H](N(C)C)C4)C=CC3P2)cc1F. The van der Waals surface area contributed by atoms with Crippen LogP contribution in [-0.2, 0) is 4.79 Å². The molecule has 3 atom stereocenters. The van der Waals surface area contributed by atoms with Crippen LogP contribution in [-0.4, -0.2) is 66.7 Å². The van der Waals surface area contributed by atoms with E-state index in [0.29, 0.717) is 14.6 Å². The van der Waals surface area contributed by atoms with Crippen LogP contribution in [0.1, 0.15) is 12.0 Å². The number of likely N-dealkylation sites (tertiary alicyclic amines) is 1. The van der Waals surface area contributed by atoms with E-state index < -0.39 is 5.82 Å². The van der Waals surface area contributed by atoms with Crippen LogP contribution in [0.2, 0.25) is 0 Å². The molecule has 3 aliphatic rings. The molecule has 3 heterocycles. The van der Waals surface area contributed by atoms with Crippen molar-refractivity contribution in [2.45, 2.75) is 18.2 Å². The second-order valence-electron chi connectivity index (χ2n) is 7.51. The third kappa shape index (κ3) is 3.59. The van der Waals surface area contributed by atoms with Gasteiger partial charge < -0.3 is 19.4 Å². The number of rotatable bonds is 4. The van der Waals surface area contributed by atoms with Gasteiger partial charge in [0.2, 0.25) is 0 Å². The molecule has 0 aromatic heterocycles. The minimum absolute atomic E-state index is 0.00587. The van der Waals surface area contributed by atoms with Gasteiger partial charge in [-0.25, -0.2) is 4.39 Å². The third-order valence-electron chi connectivity index (χ3n) is 5.57. The van der Waals surface area contributed by atoms with Crippen LogP contribution < -0.4 is 4.74 Å². The van der Waals surface area contributed by atoms with Gasteiger partial charge in [0, 0.05) is 31.4 Å². The molecule has 0 N–H and O–H groups in total. The number of nitrogens with zero attached hydrogens (tertiary/aromatic N) is 3. The zero-order valence-corrected chi connectivity index (χ0v) is 17.4. The molecule has 0 spiro atoms. The fourth-order valence-electron chi connectivity index (χ4n) is 3.85. The summed E-state index contributed by atoms with van der Waals surface area (Å²) in [5, 5.41) is 0.878. The van der Waals surface area contributed by atoms with Crippen molar-refractivity contribution in [3.8, 4) is 5.75 Å². The lowest BCUT2D eigenvalue weighted by molar-refractivity contribution is -0.123. The van der Waals surface area contributed by atoms with Crippen LogP contribution in [0.3, 0.4) is 0 Å². The van der Waals surface area contributed by atoms with Gasteiger partial charge in [-0.1, -0.05) is 20.7 Å². The molecule has 0 saturated carbocycles. The van der Waals surface area contributed by atoms with Gasteiger partial charge in [-0.15, -0.1) is 0 Å². The van der Waals surface area contributed by atoms with Gasteiger partial charge in [0.25, 0.3) is 5.91 Å². The summed E-state index contributed by atoms with van der Waals surface area (Å²) in [5.74, 6) is -0.261. The highest BCUT2D eigenvalue weighted by Gasteiger charge is 2.31. The first kappa shape index (κ1) is 19.2. The van der Waals surface area contributed by atoms with E-state index in [1.165, 1.54) is 13.2 Å². The Morgan fingerprint density at radius 3 is 2.82 bits per heavy atom. The van der Waals surface area contributed by atoms with Gasteiger partial charge in [-0.3, -0.25) is 4.79 Å². The standard InChI is InChI=1S/C21H25FN3O2P/c1-23(2)15-8-9-24(12-15)16-5-7-21-25(13-16)20(26)11-19(28-21)14-4-6-18(27-3)17(22)10-14/h4-7,10-11,13,15,21,28H,8-9,12H2,1-3H3/t15-,21?/m0/s1. The first-order valence-corrected chi connectivity index (χ1v) is 10.5.